The van der Waals surface area contributed by atoms with Crippen LogP contribution in [0, 0.1) is 6.92 Å². The first-order valence-corrected chi connectivity index (χ1v) is 6.35. The molecule has 8 heteroatoms. The van der Waals surface area contributed by atoms with E-state index < -0.39 is 35.5 Å². The average Bonchev–Trinajstić information content (AvgIpc) is 2.42. The number of carboxylic acid groups (broad SMARTS) is 1. The average molecular weight is 297 g/mol. The van der Waals surface area contributed by atoms with Gasteiger partial charge in [0, 0.05) is 32.2 Å². The molecule has 0 unspecified atom stereocenters. The maximum Gasteiger partial charge on any atom is 0.330 e. The van der Waals surface area contributed by atoms with E-state index >= 15 is 0 Å². The highest BCUT2D eigenvalue weighted by atomic mass is 16.5. The minimum atomic E-state index is -1.48. The van der Waals surface area contributed by atoms with Crippen LogP contribution in [0.3, 0.4) is 0 Å². The number of hydrogen-bond acceptors (Lipinski definition) is 6. The van der Waals surface area contributed by atoms with Gasteiger partial charge in [-0.05, 0) is 13.8 Å². The van der Waals surface area contributed by atoms with Crippen LogP contribution in [0.15, 0.2) is 9.59 Å². The lowest BCUT2D eigenvalue weighted by Gasteiger charge is -2.20. The number of aliphatic carboxylic acids is 1. The van der Waals surface area contributed by atoms with Gasteiger partial charge in [-0.15, -0.1) is 0 Å². The molecular formula is C13H17N2O6-. The molecule has 0 radical (unpaired) electrons. The fraction of sp³-hybridized carbons (Fsp3) is 0.538. The molecule has 0 spiro atoms. The van der Waals surface area contributed by atoms with E-state index in [2.05, 4.69) is 0 Å². The van der Waals surface area contributed by atoms with Gasteiger partial charge in [-0.3, -0.25) is 14.2 Å². The first-order chi connectivity index (χ1) is 9.72. The monoisotopic (exact) mass is 297 g/mol. The summed E-state index contributed by atoms with van der Waals surface area (Å²) in [6.07, 6.45) is -0.687. The molecule has 1 aromatic rings. The van der Waals surface area contributed by atoms with Crippen molar-refractivity contribution in [3.05, 3.63) is 32.1 Å². The zero-order valence-electron chi connectivity index (χ0n) is 12.3. The van der Waals surface area contributed by atoms with Crippen molar-refractivity contribution < 1.29 is 19.4 Å². The Hall–Kier alpha value is -2.38. The Morgan fingerprint density at radius 1 is 1.24 bits per heavy atom. The van der Waals surface area contributed by atoms with Crippen molar-refractivity contribution in [2.24, 2.45) is 14.1 Å². The number of carbonyl (C=O) groups excluding carboxylic acids is 2. The number of hydrogen-bond donors (Lipinski definition) is 0. The van der Waals surface area contributed by atoms with Crippen molar-refractivity contribution in [3.8, 4) is 0 Å². The Balaban J connectivity index is 3.59. The van der Waals surface area contributed by atoms with Crippen molar-refractivity contribution in [1.82, 2.24) is 9.13 Å². The third-order valence-electron chi connectivity index (χ3n) is 3.29. The van der Waals surface area contributed by atoms with Crippen molar-refractivity contribution in [2.75, 3.05) is 6.61 Å². The number of rotatable bonds is 5. The molecule has 116 valence electrons. The van der Waals surface area contributed by atoms with Gasteiger partial charge in [-0.2, -0.15) is 0 Å². The van der Waals surface area contributed by atoms with Gasteiger partial charge in [-0.25, -0.2) is 4.79 Å². The Morgan fingerprint density at radius 3 is 2.29 bits per heavy atom. The number of carbonyl (C=O) groups is 2. The number of ether oxygens (including phenoxy) is 1. The lowest BCUT2D eigenvalue weighted by atomic mass is 9.95. The molecule has 0 aromatic carbocycles. The second-order valence-electron chi connectivity index (χ2n) is 4.59. The summed E-state index contributed by atoms with van der Waals surface area (Å²) in [5.41, 5.74) is -1.11. The smallest absolute Gasteiger partial charge is 0.330 e. The second kappa shape index (κ2) is 6.38. The highest BCUT2D eigenvalue weighted by molar-refractivity contribution is 5.83. The van der Waals surface area contributed by atoms with Crippen LogP contribution in [0.1, 0.15) is 30.5 Å². The zero-order valence-corrected chi connectivity index (χ0v) is 12.3. The van der Waals surface area contributed by atoms with Crippen molar-refractivity contribution in [1.29, 1.82) is 0 Å². The molecule has 8 nitrogen and oxygen atoms in total. The molecule has 0 aliphatic carbocycles. The first kappa shape index (κ1) is 16.7. The van der Waals surface area contributed by atoms with E-state index in [1.807, 2.05) is 0 Å². The predicted octanol–water partition coefficient (Wildman–Crippen LogP) is -1.82. The Morgan fingerprint density at radius 2 is 1.81 bits per heavy atom. The van der Waals surface area contributed by atoms with Gasteiger partial charge in [0.05, 0.1) is 18.1 Å². The fourth-order valence-electron chi connectivity index (χ4n) is 2.09. The van der Waals surface area contributed by atoms with Gasteiger partial charge < -0.3 is 19.2 Å². The van der Waals surface area contributed by atoms with Gasteiger partial charge in [0.25, 0.3) is 5.56 Å². The quantitative estimate of drug-likeness (QED) is 0.592. The molecule has 21 heavy (non-hydrogen) atoms. The number of carboxylic acids is 1. The highest BCUT2D eigenvalue weighted by Crippen LogP contribution is 2.20. The molecule has 1 rings (SSSR count). The van der Waals surface area contributed by atoms with Crippen LogP contribution < -0.4 is 16.4 Å². The molecule has 0 aliphatic heterocycles. The predicted molar refractivity (Wildman–Crippen MR) is 70.7 cm³/mol. The van der Waals surface area contributed by atoms with E-state index in [-0.39, 0.29) is 17.9 Å². The number of nitrogens with zero attached hydrogens (tertiary/aromatic N) is 2. The van der Waals surface area contributed by atoms with Crippen LogP contribution in [0.4, 0.5) is 0 Å². The fourth-order valence-corrected chi connectivity index (χ4v) is 2.09. The summed E-state index contributed by atoms with van der Waals surface area (Å²) in [7, 11) is 2.69. The van der Waals surface area contributed by atoms with Gasteiger partial charge in [-0.1, -0.05) is 0 Å². The molecule has 0 amide bonds. The largest absolute Gasteiger partial charge is 0.550 e. The van der Waals surface area contributed by atoms with Gasteiger partial charge in [0.2, 0.25) is 0 Å². The Labute approximate surface area is 120 Å². The van der Waals surface area contributed by atoms with E-state index in [1.54, 1.807) is 6.92 Å². The minimum absolute atomic E-state index is 0.0491. The van der Waals surface area contributed by atoms with Crippen LogP contribution >= 0.6 is 0 Å². The van der Waals surface area contributed by atoms with Crippen molar-refractivity contribution in [2.45, 2.75) is 26.2 Å². The highest BCUT2D eigenvalue weighted by Gasteiger charge is 2.29. The minimum Gasteiger partial charge on any atom is -0.550 e. The van der Waals surface area contributed by atoms with E-state index in [9.17, 15) is 24.3 Å². The summed E-state index contributed by atoms with van der Waals surface area (Å²) >= 11 is 0. The van der Waals surface area contributed by atoms with Crippen LogP contribution in [0.25, 0.3) is 0 Å². The van der Waals surface area contributed by atoms with Crippen LogP contribution in [0.2, 0.25) is 0 Å². The van der Waals surface area contributed by atoms with Crippen molar-refractivity contribution in [3.63, 3.8) is 0 Å². The summed E-state index contributed by atoms with van der Waals surface area (Å²) in [5, 5.41) is 10.9. The number of esters is 1. The lowest BCUT2D eigenvalue weighted by molar-refractivity contribution is -0.306. The van der Waals surface area contributed by atoms with Crippen LogP contribution in [0.5, 0.6) is 0 Å². The topological polar surface area (TPSA) is 110 Å². The van der Waals surface area contributed by atoms with Crippen molar-refractivity contribution >= 4 is 11.9 Å². The standard InChI is InChI=1S/C13H18N2O6/c1-5-21-12(19)8(6-9(16)17)10-7(2)14(3)13(20)15(4)11(10)18/h8H,5-6H2,1-4H3,(H,16,17)/p-1/t8-/m0/s1. The summed E-state index contributed by atoms with van der Waals surface area (Å²) in [5.74, 6) is -3.62. The lowest BCUT2D eigenvalue weighted by Crippen LogP contribution is -2.43. The maximum absolute atomic E-state index is 12.2. The molecule has 0 aliphatic rings. The molecule has 0 bridgehead atoms. The van der Waals surface area contributed by atoms with Gasteiger partial charge in [0.1, 0.15) is 0 Å². The summed E-state index contributed by atoms with van der Waals surface area (Å²) in [6.45, 7) is 3.09. The van der Waals surface area contributed by atoms with Crippen LogP contribution in [-0.2, 0) is 28.4 Å². The van der Waals surface area contributed by atoms with E-state index in [0.717, 1.165) is 4.57 Å². The van der Waals surface area contributed by atoms with Gasteiger partial charge >= 0.3 is 11.7 Å². The normalized spacial score (nSPS) is 12.0. The Kier molecular flexibility index (Phi) is 5.07. The molecule has 0 saturated carbocycles. The molecule has 0 saturated heterocycles. The molecule has 1 atom stereocenters. The molecule has 0 N–H and O–H groups in total. The second-order valence-corrected chi connectivity index (χ2v) is 4.59. The first-order valence-electron chi connectivity index (χ1n) is 6.35. The van der Waals surface area contributed by atoms with E-state index in [4.69, 9.17) is 4.74 Å². The van der Waals surface area contributed by atoms with E-state index in [1.165, 1.54) is 25.6 Å². The number of aromatic nitrogens is 2. The summed E-state index contributed by atoms with van der Waals surface area (Å²) in [6, 6.07) is 0. The third-order valence-corrected chi connectivity index (χ3v) is 3.29. The maximum atomic E-state index is 12.2. The molecular weight excluding hydrogens is 280 g/mol. The molecule has 0 fully saturated rings. The Bertz CT molecular complexity index is 685. The molecule has 1 aromatic heterocycles. The SMILES string of the molecule is CCOC(=O)[C@@H](CC(=O)[O-])c1c(C)n(C)c(=O)n(C)c1=O. The van der Waals surface area contributed by atoms with Crippen LogP contribution in [-0.4, -0.2) is 27.7 Å². The summed E-state index contributed by atoms with van der Waals surface area (Å²) < 4.78 is 6.82. The third kappa shape index (κ3) is 3.21. The van der Waals surface area contributed by atoms with E-state index in [0.29, 0.717) is 0 Å². The molecule has 1 heterocycles. The zero-order chi connectivity index (χ0) is 16.3. The van der Waals surface area contributed by atoms with Gasteiger partial charge in [0.15, 0.2) is 0 Å². The summed E-state index contributed by atoms with van der Waals surface area (Å²) in [4.78, 5) is 46.8.